The predicted octanol–water partition coefficient (Wildman–Crippen LogP) is 1.67. The largest absolute Gasteiger partial charge is 0.416 e. The van der Waals surface area contributed by atoms with Crippen molar-refractivity contribution in [3.05, 3.63) is 22.0 Å². The smallest absolute Gasteiger partial charge is 0.276 e. The van der Waals surface area contributed by atoms with Gasteiger partial charge >= 0.3 is 0 Å². The minimum absolute atomic E-state index is 0.101. The van der Waals surface area contributed by atoms with E-state index in [0.717, 1.165) is 10.7 Å². The molecule has 0 atom stereocenters. The maximum Gasteiger partial charge on any atom is 0.276 e. The van der Waals surface area contributed by atoms with E-state index in [-0.39, 0.29) is 11.8 Å². The summed E-state index contributed by atoms with van der Waals surface area (Å²) in [6, 6.07) is 0. The number of aromatic nitrogens is 3. The number of carbonyl (C=O) groups is 2. The Kier molecular flexibility index (Phi) is 4.53. The number of thiazole rings is 1. The average Bonchev–Trinajstić information content (AvgIpc) is 3.17. The fourth-order valence-electron chi connectivity index (χ4n) is 2.11. The summed E-state index contributed by atoms with van der Waals surface area (Å²) in [6.07, 6.45) is 1.16. The molecule has 2 aromatic heterocycles. The summed E-state index contributed by atoms with van der Waals surface area (Å²) in [6.45, 7) is 2.33. The van der Waals surface area contributed by atoms with E-state index in [9.17, 15) is 9.59 Å². The number of rotatable bonds is 6. The van der Waals surface area contributed by atoms with Crippen LogP contribution in [0.2, 0.25) is 0 Å². The molecular weight excluding hydrogens is 324 g/mol. The van der Waals surface area contributed by atoms with E-state index in [1.807, 2.05) is 12.3 Å². The minimum atomic E-state index is -0.101. The lowest BCUT2D eigenvalue weighted by Crippen LogP contribution is -2.31. The molecule has 0 radical (unpaired) electrons. The number of aryl methyl sites for hydroxylation is 1. The number of carbonyl (C=O) groups excluding carboxylic acids is 2. The first-order valence-corrected chi connectivity index (χ1v) is 8.68. The Hall–Kier alpha value is -1.74. The molecule has 0 saturated carbocycles. The van der Waals surface area contributed by atoms with Crippen LogP contribution in [-0.2, 0) is 16.0 Å². The lowest BCUT2D eigenvalue weighted by molar-refractivity contribution is -0.137. The van der Waals surface area contributed by atoms with Gasteiger partial charge in [-0.3, -0.25) is 14.5 Å². The topological polar surface area (TPSA) is 89.2 Å². The van der Waals surface area contributed by atoms with E-state index in [4.69, 9.17) is 4.42 Å². The summed E-state index contributed by atoms with van der Waals surface area (Å²) in [5.74, 6) is 0.863. The lowest BCUT2D eigenvalue weighted by Gasteiger charge is -2.11. The van der Waals surface area contributed by atoms with Crippen molar-refractivity contribution in [3.8, 4) is 0 Å². The number of hydrogen-bond acceptors (Lipinski definition) is 8. The van der Waals surface area contributed by atoms with E-state index in [2.05, 4.69) is 15.2 Å². The molecule has 3 rings (SSSR count). The standard InChI is InChI=1S/C13H14N4O3S2/c1-8-14-9(7-22-8)6-10-15-16-13(20-10)21-5-4-17-11(18)2-3-12(17)19/h7H,2-6H2,1H3. The fourth-order valence-corrected chi connectivity index (χ4v) is 3.42. The summed E-state index contributed by atoms with van der Waals surface area (Å²) in [4.78, 5) is 28.6. The first kappa shape index (κ1) is 15.2. The number of hydrogen-bond donors (Lipinski definition) is 0. The molecule has 7 nitrogen and oxygen atoms in total. The van der Waals surface area contributed by atoms with Crippen molar-refractivity contribution in [2.45, 2.75) is 31.4 Å². The Bertz CT molecular complexity index is 681. The second-order valence-corrected chi connectivity index (χ2v) is 6.89. The van der Waals surface area contributed by atoms with Crippen LogP contribution in [0.15, 0.2) is 15.0 Å². The van der Waals surface area contributed by atoms with Gasteiger partial charge in [-0.2, -0.15) is 0 Å². The molecule has 0 bridgehead atoms. The maximum absolute atomic E-state index is 11.5. The van der Waals surface area contributed by atoms with Crippen LogP contribution in [0.4, 0.5) is 0 Å². The summed E-state index contributed by atoms with van der Waals surface area (Å²) in [5, 5.41) is 11.4. The first-order valence-electron chi connectivity index (χ1n) is 6.81. The second kappa shape index (κ2) is 6.57. The highest BCUT2D eigenvalue weighted by molar-refractivity contribution is 7.99. The van der Waals surface area contributed by atoms with Gasteiger partial charge in [-0.15, -0.1) is 21.5 Å². The van der Waals surface area contributed by atoms with E-state index in [0.29, 0.717) is 42.7 Å². The number of nitrogens with zero attached hydrogens (tertiary/aromatic N) is 4. The third kappa shape index (κ3) is 3.53. The normalized spacial score (nSPS) is 15.0. The zero-order chi connectivity index (χ0) is 15.5. The molecule has 0 N–H and O–H groups in total. The molecule has 0 unspecified atom stereocenters. The van der Waals surface area contributed by atoms with E-state index in [1.54, 1.807) is 11.3 Å². The molecule has 0 aromatic carbocycles. The molecule has 1 fully saturated rings. The molecule has 116 valence electrons. The van der Waals surface area contributed by atoms with Gasteiger partial charge in [0.05, 0.1) is 17.1 Å². The molecular formula is C13H14N4O3S2. The molecule has 2 amide bonds. The van der Waals surface area contributed by atoms with Gasteiger partial charge in [-0.1, -0.05) is 11.8 Å². The SMILES string of the molecule is Cc1nc(Cc2nnc(SCCN3C(=O)CCC3=O)o2)cs1. The Morgan fingerprint density at radius 3 is 2.77 bits per heavy atom. The third-order valence-electron chi connectivity index (χ3n) is 3.14. The van der Waals surface area contributed by atoms with Crippen LogP contribution in [0.5, 0.6) is 0 Å². The van der Waals surface area contributed by atoms with Gasteiger partial charge in [-0.05, 0) is 6.92 Å². The number of amides is 2. The van der Waals surface area contributed by atoms with Crippen LogP contribution in [0.1, 0.15) is 29.4 Å². The van der Waals surface area contributed by atoms with Gasteiger partial charge < -0.3 is 4.42 Å². The highest BCUT2D eigenvalue weighted by Gasteiger charge is 2.28. The Balaban J connectivity index is 1.49. The van der Waals surface area contributed by atoms with Crippen LogP contribution in [-0.4, -0.2) is 44.2 Å². The summed E-state index contributed by atoms with van der Waals surface area (Å²) >= 11 is 2.93. The van der Waals surface area contributed by atoms with Crippen molar-refractivity contribution >= 4 is 34.9 Å². The van der Waals surface area contributed by atoms with Crippen molar-refractivity contribution in [3.63, 3.8) is 0 Å². The molecule has 1 aliphatic heterocycles. The number of thioether (sulfide) groups is 1. The maximum atomic E-state index is 11.5. The molecule has 2 aromatic rings. The van der Waals surface area contributed by atoms with Gasteiger partial charge in [0.1, 0.15) is 0 Å². The van der Waals surface area contributed by atoms with Crippen molar-refractivity contribution in [1.82, 2.24) is 20.1 Å². The second-order valence-electron chi connectivity index (χ2n) is 4.78. The van der Waals surface area contributed by atoms with Gasteiger partial charge in [0, 0.05) is 30.5 Å². The summed E-state index contributed by atoms with van der Waals surface area (Å²) in [5.41, 5.74) is 0.913. The quantitative estimate of drug-likeness (QED) is 0.584. The van der Waals surface area contributed by atoms with Crippen molar-refractivity contribution in [1.29, 1.82) is 0 Å². The first-order chi connectivity index (χ1) is 10.6. The summed E-state index contributed by atoms with van der Waals surface area (Å²) in [7, 11) is 0. The number of likely N-dealkylation sites (tertiary alicyclic amines) is 1. The molecule has 0 spiro atoms. The van der Waals surface area contributed by atoms with Crippen LogP contribution in [0.3, 0.4) is 0 Å². The van der Waals surface area contributed by atoms with Crippen LogP contribution in [0, 0.1) is 6.92 Å². The molecule has 0 aliphatic carbocycles. The highest BCUT2D eigenvalue weighted by Crippen LogP contribution is 2.20. The van der Waals surface area contributed by atoms with Crippen LogP contribution >= 0.6 is 23.1 Å². The molecule has 1 saturated heterocycles. The Labute approximate surface area is 135 Å². The predicted molar refractivity (Wildman–Crippen MR) is 80.6 cm³/mol. The van der Waals surface area contributed by atoms with Crippen molar-refractivity contribution in [2.24, 2.45) is 0 Å². The molecule has 22 heavy (non-hydrogen) atoms. The zero-order valence-electron chi connectivity index (χ0n) is 11.9. The van der Waals surface area contributed by atoms with Crippen LogP contribution < -0.4 is 0 Å². The number of imide groups is 1. The minimum Gasteiger partial charge on any atom is -0.416 e. The van der Waals surface area contributed by atoms with E-state index < -0.39 is 0 Å². The van der Waals surface area contributed by atoms with Crippen molar-refractivity contribution in [2.75, 3.05) is 12.3 Å². The molecule has 9 heteroatoms. The fraction of sp³-hybridized carbons (Fsp3) is 0.462. The van der Waals surface area contributed by atoms with Crippen molar-refractivity contribution < 1.29 is 14.0 Å². The van der Waals surface area contributed by atoms with Crippen LogP contribution in [0.25, 0.3) is 0 Å². The molecule has 1 aliphatic rings. The van der Waals surface area contributed by atoms with Gasteiger partial charge in [-0.25, -0.2) is 4.98 Å². The Morgan fingerprint density at radius 1 is 1.32 bits per heavy atom. The monoisotopic (exact) mass is 338 g/mol. The summed E-state index contributed by atoms with van der Waals surface area (Å²) < 4.78 is 5.53. The average molecular weight is 338 g/mol. The van der Waals surface area contributed by atoms with Gasteiger partial charge in [0.15, 0.2) is 0 Å². The van der Waals surface area contributed by atoms with Gasteiger partial charge in [0.25, 0.3) is 5.22 Å². The Morgan fingerprint density at radius 2 is 2.09 bits per heavy atom. The third-order valence-corrected chi connectivity index (χ3v) is 4.76. The van der Waals surface area contributed by atoms with Gasteiger partial charge in [0.2, 0.25) is 17.7 Å². The zero-order valence-corrected chi connectivity index (χ0v) is 13.6. The van der Waals surface area contributed by atoms with E-state index in [1.165, 1.54) is 16.7 Å². The molecule has 3 heterocycles. The highest BCUT2D eigenvalue weighted by atomic mass is 32.2. The lowest BCUT2D eigenvalue weighted by atomic mass is 10.3. The van der Waals surface area contributed by atoms with E-state index >= 15 is 0 Å².